The van der Waals surface area contributed by atoms with Gasteiger partial charge in [-0.3, -0.25) is 4.79 Å². The summed E-state index contributed by atoms with van der Waals surface area (Å²) in [6.07, 6.45) is 0.634. The predicted octanol–water partition coefficient (Wildman–Crippen LogP) is 3.65. The summed E-state index contributed by atoms with van der Waals surface area (Å²) in [6.45, 7) is 2.26. The Kier molecular flexibility index (Phi) is 6.73. The van der Waals surface area contributed by atoms with E-state index in [1.165, 1.54) is 33.8 Å². The molecule has 1 aliphatic rings. The number of amides is 1. The largest absolute Gasteiger partial charge is 0.462 e. The van der Waals surface area contributed by atoms with Crippen molar-refractivity contribution in [3.05, 3.63) is 53.8 Å². The maximum Gasteiger partial charge on any atom is 0.338 e. The van der Waals surface area contributed by atoms with E-state index in [1.54, 1.807) is 25.1 Å². The van der Waals surface area contributed by atoms with Gasteiger partial charge in [-0.1, -0.05) is 23.5 Å². The highest BCUT2D eigenvalue weighted by Gasteiger charge is 2.33. The van der Waals surface area contributed by atoms with Crippen molar-refractivity contribution in [2.24, 2.45) is 5.92 Å². The molecule has 3 aromatic rings. The molecule has 1 fully saturated rings. The second-order valence-electron chi connectivity index (χ2n) is 7.52. The zero-order valence-corrected chi connectivity index (χ0v) is 19.4. The molecular formula is C22H22FN3O5S2. The summed E-state index contributed by atoms with van der Waals surface area (Å²) in [7, 11) is -3.95. The first kappa shape index (κ1) is 23.3. The number of hydrogen-bond acceptors (Lipinski definition) is 7. The number of nitrogens with one attached hydrogen (secondary N) is 1. The number of benzene rings is 2. The van der Waals surface area contributed by atoms with Crippen LogP contribution in [0.15, 0.2) is 47.4 Å². The van der Waals surface area contributed by atoms with Gasteiger partial charge >= 0.3 is 5.97 Å². The van der Waals surface area contributed by atoms with E-state index in [4.69, 9.17) is 4.74 Å². The monoisotopic (exact) mass is 491 g/mol. The molecule has 1 amide bonds. The Morgan fingerprint density at radius 1 is 1.21 bits per heavy atom. The summed E-state index contributed by atoms with van der Waals surface area (Å²) >= 11 is 1.24. The lowest BCUT2D eigenvalue weighted by atomic mass is 9.97. The fraction of sp³-hybridized carbons (Fsp3) is 0.318. The topological polar surface area (TPSA) is 106 Å². The molecule has 1 aromatic heterocycles. The lowest BCUT2D eigenvalue weighted by molar-refractivity contribution is -0.120. The Morgan fingerprint density at radius 3 is 2.64 bits per heavy atom. The third kappa shape index (κ3) is 4.90. The number of sulfonamides is 1. The van der Waals surface area contributed by atoms with E-state index in [0.29, 0.717) is 29.1 Å². The van der Waals surface area contributed by atoms with Gasteiger partial charge in [0.05, 0.1) is 22.4 Å². The molecule has 11 heteroatoms. The van der Waals surface area contributed by atoms with Crippen LogP contribution in [0.5, 0.6) is 0 Å². The lowest BCUT2D eigenvalue weighted by Gasteiger charge is -2.30. The van der Waals surface area contributed by atoms with E-state index >= 15 is 0 Å². The maximum atomic E-state index is 14.0. The van der Waals surface area contributed by atoms with Gasteiger partial charge in [-0.15, -0.1) is 0 Å². The van der Waals surface area contributed by atoms with Crippen LogP contribution in [0.2, 0.25) is 0 Å². The predicted molar refractivity (Wildman–Crippen MR) is 122 cm³/mol. The van der Waals surface area contributed by atoms with Gasteiger partial charge in [0.2, 0.25) is 15.9 Å². The molecule has 2 heterocycles. The number of anilines is 1. The second kappa shape index (κ2) is 9.54. The molecule has 1 saturated heterocycles. The standard InChI is InChI=1S/C22H22FN3O5S2/c1-2-31-21(28)15-7-8-17-18(13-15)32-22(24-17)25-20(27)14-9-11-26(12-10-14)33(29,30)19-6-4-3-5-16(19)23/h3-8,13-14H,2,9-12H2,1H3,(H,24,25,27). The van der Waals surface area contributed by atoms with Crippen LogP contribution in [-0.2, 0) is 19.6 Å². The van der Waals surface area contributed by atoms with Crippen molar-refractivity contribution < 1.29 is 27.1 Å². The molecule has 0 bridgehead atoms. The third-order valence-corrected chi connectivity index (χ3v) is 8.27. The minimum Gasteiger partial charge on any atom is -0.462 e. The molecule has 0 saturated carbocycles. The third-order valence-electron chi connectivity index (χ3n) is 5.41. The van der Waals surface area contributed by atoms with Crippen molar-refractivity contribution in [3.8, 4) is 0 Å². The fourth-order valence-corrected chi connectivity index (χ4v) is 6.12. The van der Waals surface area contributed by atoms with Crippen molar-refractivity contribution in [1.29, 1.82) is 0 Å². The Labute approximate surface area is 194 Å². The summed E-state index contributed by atoms with van der Waals surface area (Å²) in [5.74, 6) is -1.85. The van der Waals surface area contributed by atoms with Crippen LogP contribution in [0, 0.1) is 11.7 Å². The number of esters is 1. The van der Waals surface area contributed by atoms with Crippen molar-refractivity contribution in [3.63, 3.8) is 0 Å². The second-order valence-corrected chi connectivity index (χ2v) is 10.5. The average molecular weight is 492 g/mol. The molecule has 0 radical (unpaired) electrons. The van der Waals surface area contributed by atoms with Crippen LogP contribution >= 0.6 is 11.3 Å². The molecule has 0 atom stereocenters. The van der Waals surface area contributed by atoms with E-state index < -0.39 is 21.8 Å². The molecule has 174 valence electrons. The van der Waals surface area contributed by atoms with Gasteiger partial charge in [-0.25, -0.2) is 22.6 Å². The number of carbonyl (C=O) groups excluding carboxylic acids is 2. The Morgan fingerprint density at radius 2 is 1.94 bits per heavy atom. The minimum absolute atomic E-state index is 0.123. The summed E-state index contributed by atoms with van der Waals surface area (Å²) in [4.78, 5) is 28.7. The number of hydrogen-bond donors (Lipinski definition) is 1. The normalized spacial score (nSPS) is 15.5. The number of fused-ring (bicyclic) bond motifs is 1. The molecular weight excluding hydrogens is 469 g/mol. The van der Waals surface area contributed by atoms with Crippen LogP contribution in [0.25, 0.3) is 10.2 Å². The van der Waals surface area contributed by atoms with E-state index in [0.717, 1.165) is 10.8 Å². The fourth-order valence-electron chi connectivity index (χ4n) is 3.68. The number of carbonyl (C=O) groups is 2. The van der Waals surface area contributed by atoms with Crippen LogP contribution in [0.1, 0.15) is 30.1 Å². The number of piperidine rings is 1. The molecule has 33 heavy (non-hydrogen) atoms. The van der Waals surface area contributed by atoms with Crippen LogP contribution < -0.4 is 5.32 Å². The van der Waals surface area contributed by atoms with Crippen molar-refractivity contribution >= 4 is 48.6 Å². The summed E-state index contributed by atoms with van der Waals surface area (Å²) < 4.78 is 46.4. The Bertz CT molecular complexity index is 1300. The van der Waals surface area contributed by atoms with Gasteiger partial charge in [0.1, 0.15) is 10.7 Å². The zero-order chi connectivity index (χ0) is 23.6. The minimum atomic E-state index is -3.95. The van der Waals surface area contributed by atoms with Crippen molar-refractivity contribution in [2.45, 2.75) is 24.7 Å². The van der Waals surface area contributed by atoms with Crippen LogP contribution in [0.3, 0.4) is 0 Å². The van der Waals surface area contributed by atoms with Gasteiger partial charge in [0.25, 0.3) is 0 Å². The van der Waals surface area contributed by atoms with Gasteiger partial charge < -0.3 is 10.1 Å². The van der Waals surface area contributed by atoms with E-state index in [2.05, 4.69) is 10.3 Å². The lowest BCUT2D eigenvalue weighted by Crippen LogP contribution is -2.41. The number of thiazole rings is 1. The zero-order valence-electron chi connectivity index (χ0n) is 17.8. The first-order valence-electron chi connectivity index (χ1n) is 10.4. The number of nitrogens with zero attached hydrogens (tertiary/aromatic N) is 2. The smallest absolute Gasteiger partial charge is 0.338 e. The van der Waals surface area contributed by atoms with Crippen LogP contribution in [-0.4, -0.2) is 49.3 Å². The summed E-state index contributed by atoms with van der Waals surface area (Å²) in [5, 5.41) is 3.19. The van der Waals surface area contributed by atoms with Gasteiger partial charge in [0, 0.05) is 19.0 Å². The average Bonchev–Trinajstić information content (AvgIpc) is 3.21. The molecule has 2 aromatic carbocycles. The number of rotatable bonds is 6. The van der Waals surface area contributed by atoms with Crippen molar-refractivity contribution in [1.82, 2.24) is 9.29 Å². The Balaban J connectivity index is 1.40. The number of ether oxygens (including phenoxy) is 1. The van der Waals surface area contributed by atoms with E-state index in [-0.39, 0.29) is 36.4 Å². The molecule has 1 N–H and O–H groups in total. The SMILES string of the molecule is CCOC(=O)c1ccc2nc(NC(=O)C3CCN(S(=O)(=O)c4ccccc4F)CC3)sc2c1. The Hall–Kier alpha value is -2.89. The summed E-state index contributed by atoms with van der Waals surface area (Å²) in [5.41, 5.74) is 1.06. The highest BCUT2D eigenvalue weighted by molar-refractivity contribution is 7.89. The molecule has 1 aliphatic heterocycles. The van der Waals surface area contributed by atoms with Gasteiger partial charge in [-0.2, -0.15) is 4.31 Å². The molecule has 8 nitrogen and oxygen atoms in total. The van der Waals surface area contributed by atoms with E-state index in [9.17, 15) is 22.4 Å². The quantitative estimate of drug-likeness (QED) is 0.528. The molecule has 4 rings (SSSR count). The van der Waals surface area contributed by atoms with Gasteiger partial charge in [0.15, 0.2) is 5.13 Å². The molecule has 0 unspecified atom stereocenters. The van der Waals surface area contributed by atoms with E-state index in [1.807, 2.05) is 0 Å². The van der Waals surface area contributed by atoms with Gasteiger partial charge in [-0.05, 0) is 50.1 Å². The highest BCUT2D eigenvalue weighted by Crippen LogP contribution is 2.29. The summed E-state index contributed by atoms with van der Waals surface area (Å²) in [6, 6.07) is 10.3. The van der Waals surface area contributed by atoms with Crippen LogP contribution in [0.4, 0.5) is 9.52 Å². The first-order valence-corrected chi connectivity index (χ1v) is 12.7. The van der Waals surface area contributed by atoms with Crippen molar-refractivity contribution in [2.75, 3.05) is 25.0 Å². The maximum absolute atomic E-state index is 14.0. The number of halogens is 1. The highest BCUT2D eigenvalue weighted by atomic mass is 32.2. The number of aromatic nitrogens is 1. The molecule has 0 aliphatic carbocycles. The molecule has 0 spiro atoms. The first-order chi connectivity index (χ1) is 15.8.